The largest absolute Gasteiger partial charge is 0.331 e. The topological polar surface area (TPSA) is 20.3 Å². The van der Waals surface area contributed by atoms with Crippen LogP contribution in [0.5, 0.6) is 0 Å². The first kappa shape index (κ1) is 11.3. The molecule has 0 aromatic heterocycles. The van der Waals surface area contributed by atoms with E-state index in [1.54, 1.807) is 0 Å². The molecule has 0 spiro atoms. The van der Waals surface area contributed by atoms with Crippen LogP contribution >= 0.6 is 0 Å². The van der Waals surface area contributed by atoms with Crippen LogP contribution in [-0.2, 0) is 4.79 Å². The van der Waals surface area contributed by atoms with E-state index in [0.717, 1.165) is 19.4 Å². The molecular formula is C14H19NO. The molecule has 0 radical (unpaired) electrons. The molecule has 2 bridgehead atoms. The number of allylic oxidation sites excluding steroid dienone is 2. The molecule has 2 aliphatic rings. The van der Waals surface area contributed by atoms with Crippen LogP contribution in [0.2, 0.25) is 0 Å². The molecule has 1 fully saturated rings. The summed E-state index contributed by atoms with van der Waals surface area (Å²) in [5, 5.41) is 0. The average Bonchev–Trinajstić information content (AvgIpc) is 2.89. The maximum Gasteiger partial charge on any atom is 0.227 e. The predicted octanol–water partition coefficient (Wildman–Crippen LogP) is 2.07. The summed E-state index contributed by atoms with van der Waals surface area (Å²) in [4.78, 5) is 14.2. The van der Waals surface area contributed by atoms with E-state index in [2.05, 4.69) is 25.0 Å². The van der Waals surface area contributed by atoms with Crippen LogP contribution in [0.1, 0.15) is 26.2 Å². The third-order valence-corrected chi connectivity index (χ3v) is 3.68. The average molecular weight is 217 g/mol. The van der Waals surface area contributed by atoms with E-state index < -0.39 is 0 Å². The number of rotatable bonds is 4. The SMILES string of the molecule is C#CCN(CCC)C(=O)C1CC2C=CC1C2. The van der Waals surface area contributed by atoms with Crippen LogP contribution in [0.25, 0.3) is 0 Å². The van der Waals surface area contributed by atoms with Crippen molar-refractivity contribution in [2.24, 2.45) is 17.8 Å². The summed E-state index contributed by atoms with van der Waals surface area (Å²) in [6.45, 7) is 3.34. The molecule has 16 heavy (non-hydrogen) atoms. The quantitative estimate of drug-likeness (QED) is 0.521. The molecule has 3 atom stereocenters. The summed E-state index contributed by atoms with van der Waals surface area (Å²) in [6, 6.07) is 0. The maximum atomic E-state index is 12.3. The molecule has 2 nitrogen and oxygen atoms in total. The minimum atomic E-state index is 0.204. The van der Waals surface area contributed by atoms with Crippen LogP contribution in [-0.4, -0.2) is 23.9 Å². The van der Waals surface area contributed by atoms with E-state index in [1.807, 2.05) is 4.90 Å². The molecule has 0 heterocycles. The molecule has 0 aliphatic heterocycles. The summed E-state index contributed by atoms with van der Waals surface area (Å²) in [5.41, 5.74) is 0. The molecule has 0 aromatic carbocycles. The third kappa shape index (κ3) is 2.00. The Morgan fingerprint density at radius 3 is 2.81 bits per heavy atom. The highest BCUT2D eigenvalue weighted by atomic mass is 16.2. The number of fused-ring (bicyclic) bond motifs is 2. The fourth-order valence-corrected chi connectivity index (χ4v) is 2.95. The zero-order chi connectivity index (χ0) is 11.5. The second-order valence-electron chi connectivity index (χ2n) is 4.85. The molecule has 2 aliphatic carbocycles. The molecule has 2 heteroatoms. The van der Waals surface area contributed by atoms with Crippen LogP contribution in [0, 0.1) is 30.1 Å². The highest BCUT2D eigenvalue weighted by Gasteiger charge is 2.41. The molecule has 1 saturated carbocycles. The minimum absolute atomic E-state index is 0.204. The molecule has 3 unspecified atom stereocenters. The van der Waals surface area contributed by atoms with Gasteiger partial charge in [0, 0.05) is 12.5 Å². The highest BCUT2D eigenvalue weighted by Crippen LogP contribution is 2.44. The number of terminal acetylenes is 1. The van der Waals surface area contributed by atoms with Gasteiger partial charge in [-0.25, -0.2) is 0 Å². The minimum Gasteiger partial charge on any atom is -0.331 e. The van der Waals surface area contributed by atoms with Gasteiger partial charge in [-0.1, -0.05) is 25.0 Å². The Kier molecular flexibility index (Phi) is 3.33. The van der Waals surface area contributed by atoms with Gasteiger partial charge in [0.15, 0.2) is 0 Å². The van der Waals surface area contributed by atoms with Gasteiger partial charge in [0.25, 0.3) is 0 Å². The standard InChI is InChI=1S/C14H19NO/c1-3-7-15(8-4-2)14(16)13-10-11-5-6-12(13)9-11/h1,5-6,11-13H,4,7-10H2,2H3. The van der Waals surface area contributed by atoms with Crippen molar-refractivity contribution in [3.63, 3.8) is 0 Å². The number of hydrogen-bond acceptors (Lipinski definition) is 1. The van der Waals surface area contributed by atoms with E-state index in [0.29, 0.717) is 18.4 Å². The summed E-state index contributed by atoms with van der Waals surface area (Å²) in [7, 11) is 0. The predicted molar refractivity (Wildman–Crippen MR) is 64.5 cm³/mol. The molecule has 0 aromatic rings. The van der Waals surface area contributed by atoms with Crippen LogP contribution < -0.4 is 0 Å². The van der Waals surface area contributed by atoms with Crippen LogP contribution in [0.4, 0.5) is 0 Å². The maximum absolute atomic E-state index is 12.3. The van der Waals surface area contributed by atoms with Crippen molar-refractivity contribution in [3.05, 3.63) is 12.2 Å². The molecule has 2 rings (SSSR count). The van der Waals surface area contributed by atoms with Gasteiger partial charge in [-0.2, -0.15) is 0 Å². The second-order valence-corrected chi connectivity index (χ2v) is 4.85. The van der Waals surface area contributed by atoms with Crippen molar-refractivity contribution < 1.29 is 4.79 Å². The van der Waals surface area contributed by atoms with E-state index >= 15 is 0 Å². The normalized spacial score (nSPS) is 30.4. The van der Waals surface area contributed by atoms with Gasteiger partial charge in [-0.3, -0.25) is 4.79 Å². The summed E-state index contributed by atoms with van der Waals surface area (Å²) in [5.74, 6) is 4.19. The van der Waals surface area contributed by atoms with Gasteiger partial charge in [0.2, 0.25) is 5.91 Å². The van der Waals surface area contributed by atoms with E-state index in [9.17, 15) is 4.79 Å². The Balaban J connectivity index is 2.00. The van der Waals surface area contributed by atoms with Gasteiger partial charge in [0.05, 0.1) is 6.54 Å². The van der Waals surface area contributed by atoms with Crippen molar-refractivity contribution in [1.29, 1.82) is 0 Å². The van der Waals surface area contributed by atoms with Crippen molar-refractivity contribution in [1.82, 2.24) is 4.90 Å². The van der Waals surface area contributed by atoms with Gasteiger partial charge in [-0.05, 0) is 31.1 Å². The van der Waals surface area contributed by atoms with Crippen LogP contribution in [0.3, 0.4) is 0 Å². The first-order valence-corrected chi connectivity index (χ1v) is 6.16. The zero-order valence-electron chi connectivity index (χ0n) is 9.86. The van der Waals surface area contributed by atoms with Crippen LogP contribution in [0.15, 0.2) is 12.2 Å². The number of carbonyl (C=O) groups excluding carboxylic acids is 1. The molecule has 1 amide bonds. The Labute approximate surface area is 97.7 Å². The summed E-state index contributed by atoms with van der Waals surface area (Å²) in [6.07, 6.45) is 13.0. The van der Waals surface area contributed by atoms with E-state index in [4.69, 9.17) is 6.42 Å². The van der Waals surface area contributed by atoms with Gasteiger partial charge in [-0.15, -0.1) is 6.42 Å². The first-order chi connectivity index (χ1) is 7.76. The third-order valence-electron chi connectivity index (χ3n) is 3.68. The van der Waals surface area contributed by atoms with Crippen molar-refractivity contribution in [2.75, 3.05) is 13.1 Å². The number of carbonyl (C=O) groups is 1. The van der Waals surface area contributed by atoms with Gasteiger partial charge < -0.3 is 4.90 Å². The van der Waals surface area contributed by atoms with Gasteiger partial charge >= 0.3 is 0 Å². The molecule has 86 valence electrons. The van der Waals surface area contributed by atoms with E-state index in [1.165, 1.54) is 6.42 Å². The Bertz CT molecular complexity index is 339. The Morgan fingerprint density at radius 1 is 1.50 bits per heavy atom. The van der Waals surface area contributed by atoms with Gasteiger partial charge in [0.1, 0.15) is 0 Å². The van der Waals surface area contributed by atoms with Crippen molar-refractivity contribution in [3.8, 4) is 12.3 Å². The summed E-state index contributed by atoms with van der Waals surface area (Å²) >= 11 is 0. The second kappa shape index (κ2) is 4.74. The lowest BCUT2D eigenvalue weighted by Crippen LogP contribution is -2.38. The summed E-state index contributed by atoms with van der Waals surface area (Å²) < 4.78 is 0. The Morgan fingerprint density at radius 2 is 2.31 bits per heavy atom. The number of nitrogens with zero attached hydrogens (tertiary/aromatic N) is 1. The molecule has 0 N–H and O–H groups in total. The van der Waals surface area contributed by atoms with E-state index in [-0.39, 0.29) is 11.8 Å². The van der Waals surface area contributed by atoms with Crippen molar-refractivity contribution >= 4 is 5.91 Å². The van der Waals surface area contributed by atoms with Crippen molar-refractivity contribution in [2.45, 2.75) is 26.2 Å². The lowest BCUT2D eigenvalue weighted by Gasteiger charge is -2.26. The fraction of sp³-hybridized carbons (Fsp3) is 0.643. The first-order valence-electron chi connectivity index (χ1n) is 6.16. The number of hydrogen-bond donors (Lipinski definition) is 0. The molecule has 0 saturated heterocycles. The molecular weight excluding hydrogens is 198 g/mol. The smallest absolute Gasteiger partial charge is 0.227 e. The fourth-order valence-electron chi connectivity index (χ4n) is 2.95. The highest BCUT2D eigenvalue weighted by molar-refractivity contribution is 5.80. The lowest BCUT2D eigenvalue weighted by atomic mass is 9.92. The zero-order valence-corrected chi connectivity index (χ0v) is 9.86. The Hall–Kier alpha value is -1.23. The monoisotopic (exact) mass is 217 g/mol. The number of amides is 1. The lowest BCUT2D eigenvalue weighted by molar-refractivity contribution is -0.135.